The van der Waals surface area contributed by atoms with Crippen LogP contribution < -0.4 is 19.6 Å². The van der Waals surface area contributed by atoms with Crippen molar-refractivity contribution in [1.29, 1.82) is 0 Å². The van der Waals surface area contributed by atoms with E-state index in [4.69, 9.17) is 14.2 Å². The van der Waals surface area contributed by atoms with Gasteiger partial charge in [-0.25, -0.2) is 4.98 Å². The Morgan fingerprint density at radius 3 is 2.59 bits per heavy atom. The zero-order valence-electron chi connectivity index (χ0n) is 15.4. The van der Waals surface area contributed by atoms with Gasteiger partial charge in [0, 0.05) is 10.9 Å². The third-order valence-electron chi connectivity index (χ3n) is 3.59. The molecule has 0 unspecified atom stereocenters. The number of thiophene rings is 1. The Hall–Kier alpha value is -2.58. The lowest BCUT2D eigenvalue weighted by Crippen LogP contribution is -2.01. The van der Waals surface area contributed by atoms with Crippen molar-refractivity contribution in [2.24, 2.45) is 5.10 Å². The fourth-order valence-corrected chi connectivity index (χ4v) is 3.77. The summed E-state index contributed by atoms with van der Waals surface area (Å²) in [7, 11) is 3.21. The molecule has 0 fully saturated rings. The van der Waals surface area contributed by atoms with Crippen molar-refractivity contribution in [3.8, 4) is 27.8 Å². The lowest BCUT2D eigenvalue weighted by Gasteiger charge is -2.14. The van der Waals surface area contributed by atoms with Gasteiger partial charge in [-0.1, -0.05) is 13.0 Å². The number of thiazole rings is 1. The van der Waals surface area contributed by atoms with Crippen molar-refractivity contribution in [3.05, 3.63) is 40.6 Å². The van der Waals surface area contributed by atoms with E-state index in [1.807, 2.05) is 41.9 Å². The highest BCUT2D eigenvalue weighted by Gasteiger charge is 2.13. The van der Waals surface area contributed by atoms with Crippen LogP contribution in [-0.4, -0.2) is 32.0 Å². The van der Waals surface area contributed by atoms with Crippen molar-refractivity contribution in [2.75, 3.05) is 26.3 Å². The summed E-state index contributed by atoms with van der Waals surface area (Å²) in [5, 5.41) is 9.05. The second-order valence-corrected chi connectivity index (χ2v) is 7.29. The topological polar surface area (TPSA) is 65.0 Å². The molecule has 0 atom stereocenters. The zero-order chi connectivity index (χ0) is 19.1. The van der Waals surface area contributed by atoms with Crippen molar-refractivity contribution < 1.29 is 14.2 Å². The molecule has 0 aliphatic rings. The predicted octanol–water partition coefficient (Wildman–Crippen LogP) is 5.12. The van der Waals surface area contributed by atoms with Gasteiger partial charge in [-0.15, -0.1) is 22.7 Å². The highest BCUT2D eigenvalue weighted by Crippen LogP contribution is 2.38. The van der Waals surface area contributed by atoms with Gasteiger partial charge in [0.05, 0.1) is 37.6 Å². The number of aromatic nitrogens is 1. The fraction of sp³-hybridized carbons (Fsp3) is 0.263. The summed E-state index contributed by atoms with van der Waals surface area (Å²) in [6.45, 7) is 2.65. The van der Waals surface area contributed by atoms with Crippen LogP contribution in [0.3, 0.4) is 0 Å². The largest absolute Gasteiger partial charge is 0.493 e. The van der Waals surface area contributed by atoms with E-state index >= 15 is 0 Å². The predicted molar refractivity (Wildman–Crippen MR) is 112 cm³/mol. The molecule has 6 nitrogen and oxygen atoms in total. The van der Waals surface area contributed by atoms with Gasteiger partial charge in [0.15, 0.2) is 11.5 Å². The third kappa shape index (κ3) is 4.78. The first-order valence-electron chi connectivity index (χ1n) is 8.42. The molecule has 2 heterocycles. The maximum absolute atomic E-state index is 5.75. The maximum atomic E-state index is 5.75. The molecular weight excluding hydrogens is 382 g/mol. The zero-order valence-corrected chi connectivity index (χ0v) is 17.0. The van der Waals surface area contributed by atoms with E-state index in [1.54, 1.807) is 31.8 Å². The van der Waals surface area contributed by atoms with Crippen LogP contribution in [0.1, 0.15) is 18.9 Å². The Kier molecular flexibility index (Phi) is 6.67. The smallest absolute Gasteiger partial charge is 0.203 e. The Labute approximate surface area is 166 Å². The Morgan fingerprint density at radius 2 is 1.96 bits per heavy atom. The van der Waals surface area contributed by atoms with Crippen LogP contribution in [0.25, 0.3) is 10.6 Å². The molecule has 0 bridgehead atoms. The summed E-state index contributed by atoms with van der Waals surface area (Å²) in [5.41, 5.74) is 4.75. The highest BCUT2D eigenvalue weighted by molar-refractivity contribution is 7.15. The minimum absolute atomic E-state index is 0.596. The van der Waals surface area contributed by atoms with Gasteiger partial charge >= 0.3 is 0 Å². The molecule has 0 saturated carbocycles. The van der Waals surface area contributed by atoms with Crippen molar-refractivity contribution in [1.82, 2.24) is 4.98 Å². The molecule has 27 heavy (non-hydrogen) atoms. The van der Waals surface area contributed by atoms with Crippen molar-refractivity contribution >= 4 is 34.0 Å². The summed E-state index contributed by atoms with van der Waals surface area (Å²) < 4.78 is 16.6. The molecule has 0 radical (unpaired) electrons. The summed E-state index contributed by atoms with van der Waals surface area (Å²) in [6.07, 6.45) is 2.60. The van der Waals surface area contributed by atoms with Gasteiger partial charge in [0.2, 0.25) is 10.9 Å². The van der Waals surface area contributed by atoms with E-state index in [2.05, 4.69) is 15.5 Å². The van der Waals surface area contributed by atoms with Crippen LogP contribution in [-0.2, 0) is 0 Å². The van der Waals surface area contributed by atoms with Gasteiger partial charge in [0.1, 0.15) is 0 Å². The number of rotatable bonds is 9. The van der Waals surface area contributed by atoms with E-state index in [0.29, 0.717) is 23.9 Å². The highest BCUT2D eigenvalue weighted by atomic mass is 32.1. The van der Waals surface area contributed by atoms with E-state index in [1.165, 1.54) is 11.3 Å². The first kappa shape index (κ1) is 19.2. The molecule has 0 amide bonds. The molecule has 1 N–H and O–H groups in total. The first-order valence-corrected chi connectivity index (χ1v) is 10.2. The van der Waals surface area contributed by atoms with Crippen LogP contribution in [0.4, 0.5) is 5.13 Å². The minimum Gasteiger partial charge on any atom is -0.493 e. The molecule has 2 aromatic heterocycles. The molecule has 0 aliphatic heterocycles. The quantitative estimate of drug-likeness (QED) is 0.397. The molecule has 0 saturated heterocycles. The number of hydrazone groups is 1. The second kappa shape index (κ2) is 9.38. The van der Waals surface area contributed by atoms with E-state index in [0.717, 1.165) is 27.7 Å². The number of benzene rings is 1. The monoisotopic (exact) mass is 403 g/mol. The van der Waals surface area contributed by atoms with Crippen molar-refractivity contribution in [3.63, 3.8) is 0 Å². The van der Waals surface area contributed by atoms with Gasteiger partial charge < -0.3 is 14.2 Å². The summed E-state index contributed by atoms with van der Waals surface area (Å²) in [4.78, 5) is 5.67. The normalized spacial score (nSPS) is 10.9. The van der Waals surface area contributed by atoms with Gasteiger partial charge in [-0.05, 0) is 30.0 Å². The number of methoxy groups -OCH3 is 2. The molecule has 142 valence electrons. The van der Waals surface area contributed by atoms with Crippen LogP contribution in [0.15, 0.2) is 40.1 Å². The van der Waals surface area contributed by atoms with Crippen LogP contribution in [0, 0.1) is 0 Å². The summed E-state index contributed by atoms with van der Waals surface area (Å²) in [6, 6.07) is 7.78. The van der Waals surface area contributed by atoms with Crippen molar-refractivity contribution in [2.45, 2.75) is 13.3 Å². The number of anilines is 1. The molecule has 3 aromatic rings. The van der Waals surface area contributed by atoms with Crippen LogP contribution in [0.5, 0.6) is 17.2 Å². The Balaban J connectivity index is 1.73. The summed E-state index contributed by atoms with van der Waals surface area (Å²) >= 11 is 3.17. The van der Waals surface area contributed by atoms with Gasteiger partial charge in [-0.3, -0.25) is 5.43 Å². The van der Waals surface area contributed by atoms with Gasteiger partial charge in [-0.2, -0.15) is 5.10 Å². The number of ether oxygens (including phenoxy) is 3. The molecule has 0 aliphatic carbocycles. The first-order chi connectivity index (χ1) is 13.2. The lowest BCUT2D eigenvalue weighted by molar-refractivity contribution is 0.275. The molecule has 3 rings (SSSR count). The van der Waals surface area contributed by atoms with Crippen LogP contribution >= 0.6 is 22.7 Å². The average Bonchev–Trinajstić information content (AvgIpc) is 3.37. The Bertz CT molecular complexity index is 866. The third-order valence-corrected chi connectivity index (χ3v) is 5.22. The summed E-state index contributed by atoms with van der Waals surface area (Å²) in [5.74, 6) is 1.82. The molecule has 1 aromatic carbocycles. The maximum Gasteiger partial charge on any atom is 0.203 e. The number of hydrogen-bond acceptors (Lipinski definition) is 8. The average molecular weight is 404 g/mol. The van der Waals surface area contributed by atoms with E-state index in [9.17, 15) is 0 Å². The van der Waals surface area contributed by atoms with E-state index in [-0.39, 0.29) is 0 Å². The molecular formula is C19H21N3O3S2. The fourth-order valence-electron chi connectivity index (χ4n) is 2.35. The lowest BCUT2D eigenvalue weighted by atomic mass is 10.2. The SMILES string of the molecule is CCCOc1c(OC)cc(/C=N\Nc2nc(-c3cccs3)cs2)cc1OC. The minimum atomic E-state index is 0.596. The van der Waals surface area contributed by atoms with E-state index < -0.39 is 0 Å². The number of nitrogens with one attached hydrogen (secondary N) is 1. The number of nitrogens with zero attached hydrogens (tertiary/aromatic N) is 2. The van der Waals surface area contributed by atoms with Gasteiger partial charge in [0.25, 0.3) is 0 Å². The number of hydrogen-bond donors (Lipinski definition) is 1. The standard InChI is InChI=1S/C19H21N3O3S2/c1-4-7-25-18-15(23-2)9-13(10-16(18)24-3)11-20-22-19-21-14(12-27-19)17-6-5-8-26-17/h5-6,8-12H,4,7H2,1-3H3,(H,21,22)/b20-11-. The Morgan fingerprint density at radius 1 is 1.19 bits per heavy atom. The van der Waals surface area contributed by atoms with Crippen LogP contribution in [0.2, 0.25) is 0 Å². The second-order valence-electron chi connectivity index (χ2n) is 5.49. The molecule has 8 heteroatoms. The molecule has 0 spiro atoms.